The van der Waals surface area contributed by atoms with E-state index in [0.29, 0.717) is 13.0 Å². The second-order valence-corrected chi connectivity index (χ2v) is 7.02. The molecule has 29 heavy (non-hydrogen) atoms. The number of H-pyrrole nitrogens is 1. The zero-order chi connectivity index (χ0) is 20.2. The summed E-state index contributed by atoms with van der Waals surface area (Å²) in [5.74, 6) is -0.631. The van der Waals surface area contributed by atoms with Gasteiger partial charge in [0.05, 0.1) is 7.11 Å². The summed E-state index contributed by atoms with van der Waals surface area (Å²) in [5, 5.41) is 5.02. The Bertz CT molecular complexity index is 1160. The number of nitrogens with one attached hydrogen (secondary N) is 2. The SMILES string of the molecule is COC(=O)C(Cc1c[nH]c2ccccc12)NC(=O)CCn1ccc2ccccc21. The van der Waals surface area contributed by atoms with Gasteiger partial charge < -0.3 is 19.6 Å². The molecular weight excluding hydrogens is 366 g/mol. The number of hydrogen-bond acceptors (Lipinski definition) is 3. The number of aromatic amines is 1. The molecular formula is C23H23N3O3. The molecule has 2 N–H and O–H groups in total. The number of carbonyl (C=O) groups is 2. The summed E-state index contributed by atoms with van der Waals surface area (Å²) in [4.78, 5) is 28.0. The first-order chi connectivity index (χ1) is 14.2. The number of fused-ring (bicyclic) bond motifs is 2. The number of nitrogens with zero attached hydrogens (tertiary/aromatic N) is 1. The Hall–Kier alpha value is -3.54. The number of ether oxygens (including phenoxy) is 1. The standard InChI is InChI=1S/C23H23N3O3/c1-29-23(28)20(14-17-15-24-19-8-4-3-7-18(17)19)25-22(27)11-13-26-12-10-16-6-2-5-9-21(16)26/h2-10,12,15,20,24H,11,13-14H2,1H3,(H,25,27). The van der Waals surface area contributed by atoms with Gasteiger partial charge in [-0.1, -0.05) is 36.4 Å². The van der Waals surface area contributed by atoms with E-state index in [1.807, 2.05) is 71.6 Å². The Kier molecular flexibility index (Phi) is 5.33. The molecule has 2 heterocycles. The van der Waals surface area contributed by atoms with Gasteiger partial charge in [0.15, 0.2) is 0 Å². The van der Waals surface area contributed by atoms with Crippen LogP contribution in [-0.4, -0.2) is 34.6 Å². The number of amides is 1. The van der Waals surface area contributed by atoms with Crippen molar-refractivity contribution in [2.75, 3.05) is 7.11 Å². The van der Waals surface area contributed by atoms with Gasteiger partial charge in [-0.15, -0.1) is 0 Å². The number of hydrogen-bond donors (Lipinski definition) is 2. The van der Waals surface area contributed by atoms with Crippen LogP contribution in [0.5, 0.6) is 0 Å². The van der Waals surface area contributed by atoms with Crippen LogP contribution < -0.4 is 5.32 Å². The van der Waals surface area contributed by atoms with Gasteiger partial charge in [-0.05, 0) is 29.1 Å². The lowest BCUT2D eigenvalue weighted by molar-refractivity contribution is -0.145. The second kappa shape index (κ2) is 8.22. The fourth-order valence-electron chi connectivity index (χ4n) is 3.68. The number of methoxy groups -OCH3 is 1. The summed E-state index contributed by atoms with van der Waals surface area (Å²) in [6.45, 7) is 0.542. The molecule has 4 aromatic rings. The van der Waals surface area contributed by atoms with Crippen molar-refractivity contribution in [3.63, 3.8) is 0 Å². The van der Waals surface area contributed by atoms with Crippen molar-refractivity contribution in [2.24, 2.45) is 0 Å². The second-order valence-electron chi connectivity index (χ2n) is 7.02. The maximum atomic E-state index is 12.6. The molecule has 2 aromatic carbocycles. The third-order valence-corrected chi connectivity index (χ3v) is 5.18. The molecule has 0 aliphatic heterocycles. The number of aryl methyl sites for hydroxylation is 1. The Labute approximate surface area is 168 Å². The minimum Gasteiger partial charge on any atom is -0.467 e. The zero-order valence-electron chi connectivity index (χ0n) is 16.2. The van der Waals surface area contributed by atoms with E-state index in [2.05, 4.69) is 10.3 Å². The lowest BCUT2D eigenvalue weighted by Crippen LogP contribution is -2.43. The molecule has 0 bridgehead atoms. The molecule has 1 unspecified atom stereocenters. The van der Waals surface area contributed by atoms with Gasteiger partial charge in [0, 0.05) is 48.2 Å². The average molecular weight is 389 g/mol. The van der Waals surface area contributed by atoms with Gasteiger partial charge in [0.1, 0.15) is 6.04 Å². The minimum atomic E-state index is -0.729. The van der Waals surface area contributed by atoms with Crippen LogP contribution >= 0.6 is 0 Å². The van der Waals surface area contributed by atoms with Crippen molar-refractivity contribution in [1.29, 1.82) is 0 Å². The van der Waals surface area contributed by atoms with Crippen molar-refractivity contribution < 1.29 is 14.3 Å². The van der Waals surface area contributed by atoms with Crippen LogP contribution in [0.25, 0.3) is 21.8 Å². The number of aromatic nitrogens is 2. The van der Waals surface area contributed by atoms with E-state index >= 15 is 0 Å². The molecule has 1 amide bonds. The Morgan fingerprint density at radius 3 is 2.76 bits per heavy atom. The van der Waals surface area contributed by atoms with E-state index in [0.717, 1.165) is 27.4 Å². The fourth-order valence-corrected chi connectivity index (χ4v) is 3.68. The summed E-state index contributed by atoms with van der Waals surface area (Å²) in [7, 11) is 1.34. The summed E-state index contributed by atoms with van der Waals surface area (Å²) >= 11 is 0. The van der Waals surface area contributed by atoms with E-state index < -0.39 is 12.0 Å². The summed E-state index contributed by atoms with van der Waals surface area (Å²) in [5.41, 5.74) is 3.05. The van der Waals surface area contributed by atoms with Crippen molar-refractivity contribution in [1.82, 2.24) is 14.9 Å². The quantitative estimate of drug-likeness (QED) is 0.476. The highest BCUT2D eigenvalue weighted by Crippen LogP contribution is 2.20. The topological polar surface area (TPSA) is 76.1 Å². The molecule has 0 aliphatic carbocycles. The van der Waals surface area contributed by atoms with Crippen LogP contribution in [0.4, 0.5) is 0 Å². The van der Waals surface area contributed by atoms with Crippen LogP contribution in [-0.2, 0) is 27.3 Å². The maximum absolute atomic E-state index is 12.6. The van der Waals surface area contributed by atoms with Crippen molar-refractivity contribution in [2.45, 2.75) is 25.4 Å². The molecule has 1 atom stereocenters. The molecule has 0 saturated carbocycles. The highest BCUT2D eigenvalue weighted by molar-refractivity contribution is 5.87. The van der Waals surface area contributed by atoms with E-state index in [4.69, 9.17) is 4.74 Å². The highest BCUT2D eigenvalue weighted by Gasteiger charge is 2.23. The number of rotatable bonds is 7. The number of carbonyl (C=O) groups excluding carboxylic acids is 2. The van der Waals surface area contributed by atoms with Gasteiger partial charge >= 0.3 is 5.97 Å². The smallest absolute Gasteiger partial charge is 0.328 e. The lowest BCUT2D eigenvalue weighted by atomic mass is 10.0. The van der Waals surface area contributed by atoms with Crippen LogP contribution in [0.3, 0.4) is 0 Å². The van der Waals surface area contributed by atoms with Crippen molar-refractivity contribution in [3.05, 3.63) is 72.6 Å². The van der Waals surface area contributed by atoms with E-state index in [9.17, 15) is 9.59 Å². The number of benzene rings is 2. The first-order valence-electron chi connectivity index (χ1n) is 9.62. The van der Waals surface area contributed by atoms with Gasteiger partial charge in [-0.25, -0.2) is 4.79 Å². The highest BCUT2D eigenvalue weighted by atomic mass is 16.5. The molecule has 0 saturated heterocycles. The van der Waals surface area contributed by atoms with Crippen LogP contribution in [0.2, 0.25) is 0 Å². The lowest BCUT2D eigenvalue weighted by Gasteiger charge is -2.16. The van der Waals surface area contributed by atoms with Crippen LogP contribution in [0, 0.1) is 0 Å². The predicted molar refractivity (Wildman–Crippen MR) is 113 cm³/mol. The number of para-hydroxylation sites is 2. The van der Waals surface area contributed by atoms with Crippen LogP contribution in [0.1, 0.15) is 12.0 Å². The Morgan fingerprint density at radius 2 is 1.90 bits per heavy atom. The van der Waals surface area contributed by atoms with Gasteiger partial charge in [-0.2, -0.15) is 0 Å². The van der Waals surface area contributed by atoms with Gasteiger partial charge in [-0.3, -0.25) is 4.79 Å². The zero-order valence-corrected chi connectivity index (χ0v) is 16.2. The third kappa shape index (κ3) is 4.01. The summed E-state index contributed by atoms with van der Waals surface area (Å²) < 4.78 is 6.96. The monoisotopic (exact) mass is 389 g/mol. The largest absolute Gasteiger partial charge is 0.467 e. The molecule has 6 heteroatoms. The van der Waals surface area contributed by atoms with E-state index in [1.54, 1.807) is 0 Å². The molecule has 148 valence electrons. The normalized spacial score (nSPS) is 12.2. The van der Waals surface area contributed by atoms with Gasteiger partial charge in [0.25, 0.3) is 0 Å². The van der Waals surface area contributed by atoms with Crippen molar-refractivity contribution in [3.8, 4) is 0 Å². The first kappa shape index (κ1) is 18.8. The predicted octanol–water partition coefficient (Wildman–Crippen LogP) is 3.41. The Balaban J connectivity index is 1.43. The molecule has 2 aromatic heterocycles. The maximum Gasteiger partial charge on any atom is 0.328 e. The summed E-state index contributed by atoms with van der Waals surface area (Å²) in [6, 6.07) is 17.2. The summed E-state index contributed by atoms with van der Waals surface area (Å²) in [6.07, 6.45) is 4.50. The van der Waals surface area contributed by atoms with Crippen LogP contribution in [0.15, 0.2) is 67.0 Å². The first-order valence-corrected chi connectivity index (χ1v) is 9.62. The fraction of sp³-hybridized carbons (Fsp3) is 0.217. The molecule has 0 aliphatic rings. The molecule has 0 spiro atoms. The number of esters is 1. The molecule has 0 fully saturated rings. The average Bonchev–Trinajstić information content (AvgIpc) is 3.35. The van der Waals surface area contributed by atoms with Crippen molar-refractivity contribution >= 4 is 33.7 Å². The van der Waals surface area contributed by atoms with Gasteiger partial charge in [0.2, 0.25) is 5.91 Å². The minimum absolute atomic E-state index is 0.182. The van der Waals surface area contributed by atoms with E-state index in [-0.39, 0.29) is 12.3 Å². The molecule has 4 rings (SSSR count). The molecule has 0 radical (unpaired) electrons. The molecule has 6 nitrogen and oxygen atoms in total. The third-order valence-electron chi connectivity index (χ3n) is 5.18. The van der Waals surface area contributed by atoms with E-state index in [1.165, 1.54) is 7.11 Å². The Morgan fingerprint density at radius 1 is 1.10 bits per heavy atom.